The summed E-state index contributed by atoms with van der Waals surface area (Å²) in [6.45, 7) is 0. The van der Waals surface area contributed by atoms with E-state index in [0.717, 1.165) is 12.8 Å². The van der Waals surface area contributed by atoms with Crippen LogP contribution in [0.2, 0.25) is 0 Å². The standard InChI is InChI=1S/C21H23FN2O5/c1-27-17-8-12(9-18(28-2)20(17)29-3)10-19(25)23-14-6-7-15(22)16(11-14)24-21(26)13-4-5-13/h6-9,11,13H,4-5,10H2,1-3H3,(H,23,25)(H,24,26). The summed E-state index contributed by atoms with van der Waals surface area (Å²) < 4.78 is 29.8. The minimum absolute atomic E-state index is 0.0395. The third-order valence-corrected chi connectivity index (χ3v) is 4.55. The van der Waals surface area contributed by atoms with Gasteiger partial charge in [-0.1, -0.05) is 0 Å². The van der Waals surface area contributed by atoms with Crippen LogP contribution in [-0.2, 0) is 16.0 Å². The third-order valence-electron chi connectivity index (χ3n) is 4.55. The van der Waals surface area contributed by atoms with Crippen LogP contribution in [0.1, 0.15) is 18.4 Å². The fourth-order valence-corrected chi connectivity index (χ4v) is 2.91. The molecule has 3 rings (SSSR count). The maximum absolute atomic E-state index is 14.0. The number of amides is 2. The number of methoxy groups -OCH3 is 3. The van der Waals surface area contributed by atoms with Gasteiger partial charge in [0.1, 0.15) is 5.82 Å². The molecule has 154 valence electrons. The Morgan fingerprint density at radius 2 is 1.66 bits per heavy atom. The summed E-state index contributed by atoms with van der Waals surface area (Å²) in [5, 5.41) is 5.28. The summed E-state index contributed by atoms with van der Waals surface area (Å²) in [5.41, 5.74) is 1.09. The van der Waals surface area contributed by atoms with Crippen molar-refractivity contribution in [2.75, 3.05) is 32.0 Å². The van der Waals surface area contributed by atoms with Gasteiger partial charge < -0.3 is 24.8 Å². The second-order valence-electron chi connectivity index (χ2n) is 6.72. The van der Waals surface area contributed by atoms with Crippen LogP contribution in [0, 0.1) is 11.7 Å². The van der Waals surface area contributed by atoms with Crippen LogP contribution in [-0.4, -0.2) is 33.1 Å². The Bertz CT molecular complexity index is 902. The van der Waals surface area contributed by atoms with Gasteiger partial charge in [0.05, 0.1) is 33.4 Å². The minimum Gasteiger partial charge on any atom is -0.493 e. The fourth-order valence-electron chi connectivity index (χ4n) is 2.91. The molecule has 2 N–H and O–H groups in total. The zero-order chi connectivity index (χ0) is 21.0. The maximum atomic E-state index is 14.0. The summed E-state index contributed by atoms with van der Waals surface area (Å²) in [7, 11) is 4.50. The van der Waals surface area contributed by atoms with E-state index in [-0.39, 0.29) is 29.8 Å². The van der Waals surface area contributed by atoms with Crippen LogP contribution >= 0.6 is 0 Å². The van der Waals surface area contributed by atoms with Crippen LogP contribution in [0.3, 0.4) is 0 Å². The van der Waals surface area contributed by atoms with Gasteiger partial charge in [0.15, 0.2) is 11.5 Å². The lowest BCUT2D eigenvalue weighted by Gasteiger charge is -2.14. The highest BCUT2D eigenvalue weighted by molar-refractivity contribution is 5.96. The van der Waals surface area contributed by atoms with Crippen molar-refractivity contribution in [2.45, 2.75) is 19.3 Å². The minimum atomic E-state index is -0.554. The Morgan fingerprint density at radius 3 is 2.21 bits per heavy atom. The van der Waals surface area contributed by atoms with Gasteiger partial charge in [0, 0.05) is 11.6 Å². The number of halogens is 1. The number of carbonyl (C=O) groups excluding carboxylic acids is 2. The fraction of sp³-hybridized carbons (Fsp3) is 0.333. The van der Waals surface area contributed by atoms with E-state index in [2.05, 4.69) is 10.6 Å². The zero-order valence-corrected chi connectivity index (χ0v) is 16.5. The highest BCUT2D eigenvalue weighted by Crippen LogP contribution is 2.38. The number of carbonyl (C=O) groups is 2. The number of hydrogen-bond acceptors (Lipinski definition) is 5. The molecule has 0 aromatic heterocycles. The summed E-state index contributed by atoms with van der Waals surface area (Å²) in [4.78, 5) is 24.3. The zero-order valence-electron chi connectivity index (χ0n) is 16.5. The predicted octanol–water partition coefficient (Wildman–Crippen LogP) is 3.38. The van der Waals surface area contributed by atoms with E-state index in [9.17, 15) is 14.0 Å². The van der Waals surface area contributed by atoms with Gasteiger partial charge in [-0.15, -0.1) is 0 Å². The van der Waals surface area contributed by atoms with Gasteiger partial charge in [-0.05, 0) is 48.7 Å². The number of rotatable bonds is 8. The van der Waals surface area contributed by atoms with Crippen molar-refractivity contribution in [3.8, 4) is 17.2 Å². The summed E-state index contributed by atoms with van der Waals surface area (Å²) in [6.07, 6.45) is 1.68. The van der Waals surface area contributed by atoms with E-state index in [1.807, 2.05) is 0 Å². The topological polar surface area (TPSA) is 85.9 Å². The average Bonchev–Trinajstić information content (AvgIpc) is 3.55. The van der Waals surface area contributed by atoms with Gasteiger partial charge in [-0.25, -0.2) is 4.39 Å². The molecule has 0 aliphatic heterocycles. The van der Waals surface area contributed by atoms with E-state index >= 15 is 0 Å². The average molecular weight is 402 g/mol. The van der Waals surface area contributed by atoms with Gasteiger partial charge in [0.2, 0.25) is 17.6 Å². The van der Waals surface area contributed by atoms with Crippen LogP contribution < -0.4 is 24.8 Å². The maximum Gasteiger partial charge on any atom is 0.228 e. The quantitative estimate of drug-likeness (QED) is 0.707. The van der Waals surface area contributed by atoms with E-state index in [1.54, 1.807) is 12.1 Å². The molecule has 0 heterocycles. The number of hydrogen-bond donors (Lipinski definition) is 2. The molecule has 0 radical (unpaired) electrons. The normalized spacial score (nSPS) is 12.8. The number of benzene rings is 2. The van der Waals surface area contributed by atoms with Crippen molar-refractivity contribution in [1.29, 1.82) is 0 Å². The van der Waals surface area contributed by atoms with E-state index < -0.39 is 5.82 Å². The Kier molecular flexibility index (Phi) is 6.21. The SMILES string of the molecule is COc1cc(CC(=O)Nc2ccc(F)c(NC(=O)C3CC3)c2)cc(OC)c1OC. The van der Waals surface area contributed by atoms with Crippen LogP contribution in [0.25, 0.3) is 0 Å². The highest BCUT2D eigenvalue weighted by atomic mass is 19.1. The second kappa shape index (κ2) is 8.81. The lowest BCUT2D eigenvalue weighted by Crippen LogP contribution is -2.17. The molecule has 2 aromatic rings. The van der Waals surface area contributed by atoms with Crippen LogP contribution in [0.15, 0.2) is 30.3 Å². The molecule has 29 heavy (non-hydrogen) atoms. The molecular formula is C21H23FN2O5. The molecular weight excluding hydrogens is 379 g/mol. The molecule has 1 aliphatic rings. The van der Waals surface area contributed by atoms with Gasteiger partial charge in [-0.3, -0.25) is 9.59 Å². The molecule has 0 bridgehead atoms. The molecule has 1 aliphatic carbocycles. The first-order valence-corrected chi connectivity index (χ1v) is 9.14. The molecule has 7 nitrogen and oxygen atoms in total. The number of anilines is 2. The molecule has 2 amide bonds. The van der Waals surface area contributed by atoms with Gasteiger partial charge >= 0.3 is 0 Å². The van der Waals surface area contributed by atoms with Crippen molar-refractivity contribution in [2.24, 2.45) is 5.92 Å². The lowest BCUT2D eigenvalue weighted by atomic mass is 10.1. The predicted molar refractivity (Wildman–Crippen MR) is 106 cm³/mol. The van der Waals surface area contributed by atoms with Crippen molar-refractivity contribution >= 4 is 23.2 Å². The monoisotopic (exact) mass is 402 g/mol. The molecule has 2 aromatic carbocycles. The van der Waals surface area contributed by atoms with Crippen LogP contribution in [0.4, 0.5) is 15.8 Å². The van der Waals surface area contributed by atoms with Crippen molar-refractivity contribution < 1.29 is 28.2 Å². The van der Waals surface area contributed by atoms with Crippen LogP contribution in [0.5, 0.6) is 17.2 Å². The molecule has 0 saturated heterocycles. The Hall–Kier alpha value is -3.29. The van der Waals surface area contributed by atoms with E-state index in [0.29, 0.717) is 28.5 Å². The Balaban J connectivity index is 1.71. The largest absolute Gasteiger partial charge is 0.493 e. The summed E-state index contributed by atoms with van der Waals surface area (Å²) in [5.74, 6) is 0.209. The molecule has 0 spiro atoms. The van der Waals surface area contributed by atoms with E-state index in [4.69, 9.17) is 14.2 Å². The summed E-state index contributed by atoms with van der Waals surface area (Å²) >= 11 is 0. The lowest BCUT2D eigenvalue weighted by molar-refractivity contribution is -0.117. The molecule has 1 saturated carbocycles. The first kappa shape index (κ1) is 20.4. The van der Waals surface area contributed by atoms with Gasteiger partial charge in [0.25, 0.3) is 0 Å². The smallest absolute Gasteiger partial charge is 0.228 e. The molecule has 0 unspecified atom stereocenters. The Labute approximate surface area is 168 Å². The third kappa shape index (κ3) is 4.96. The van der Waals surface area contributed by atoms with Gasteiger partial charge in [-0.2, -0.15) is 0 Å². The summed E-state index contributed by atoms with van der Waals surface area (Å²) in [6, 6.07) is 7.43. The van der Waals surface area contributed by atoms with Crippen molar-refractivity contribution in [1.82, 2.24) is 0 Å². The van der Waals surface area contributed by atoms with Crippen molar-refractivity contribution in [3.05, 3.63) is 41.7 Å². The molecule has 0 atom stereocenters. The number of nitrogens with one attached hydrogen (secondary N) is 2. The first-order valence-electron chi connectivity index (χ1n) is 9.14. The van der Waals surface area contributed by atoms with E-state index in [1.165, 1.54) is 39.5 Å². The highest BCUT2D eigenvalue weighted by Gasteiger charge is 2.30. The number of ether oxygens (including phenoxy) is 3. The van der Waals surface area contributed by atoms with Crippen molar-refractivity contribution in [3.63, 3.8) is 0 Å². The molecule has 8 heteroatoms. The second-order valence-corrected chi connectivity index (χ2v) is 6.72. The first-order chi connectivity index (χ1) is 13.9. The molecule has 1 fully saturated rings. The Morgan fingerprint density at radius 1 is 1.00 bits per heavy atom.